The van der Waals surface area contributed by atoms with Gasteiger partial charge >= 0.3 is 6.09 Å². The van der Waals surface area contributed by atoms with Gasteiger partial charge in [-0.3, -0.25) is 0 Å². The van der Waals surface area contributed by atoms with Gasteiger partial charge < -0.3 is 17.5 Å². The van der Waals surface area contributed by atoms with Crippen LogP contribution in [0.1, 0.15) is 5.56 Å². The molecule has 1 unspecified atom stereocenters. The molecule has 3 nitrogen and oxygen atoms in total. The van der Waals surface area contributed by atoms with Crippen molar-refractivity contribution in [1.29, 1.82) is 0 Å². The summed E-state index contributed by atoms with van der Waals surface area (Å²) in [4.78, 5) is 11.1. The molecule has 0 radical (unpaired) electrons. The molecule has 0 spiro atoms. The van der Waals surface area contributed by atoms with E-state index < -0.39 is 6.09 Å². The van der Waals surface area contributed by atoms with E-state index >= 15 is 0 Å². The predicted octanol–water partition coefficient (Wildman–Crippen LogP) is -2.13. The Balaban J connectivity index is 0.000000845. The van der Waals surface area contributed by atoms with Crippen molar-refractivity contribution < 1.29 is 27.2 Å². The van der Waals surface area contributed by atoms with E-state index in [1.54, 1.807) is 6.20 Å². The number of rotatable bonds is 0. The van der Waals surface area contributed by atoms with Gasteiger partial charge in [0.2, 0.25) is 0 Å². The van der Waals surface area contributed by atoms with Gasteiger partial charge in [-0.2, -0.15) is 9.69 Å². The van der Waals surface area contributed by atoms with Crippen LogP contribution >= 0.6 is 0 Å². The molecule has 2 rings (SSSR count). The van der Waals surface area contributed by atoms with E-state index in [1.807, 2.05) is 30.3 Å². The van der Waals surface area contributed by atoms with E-state index in [0.29, 0.717) is 4.90 Å². The highest BCUT2D eigenvalue weighted by Crippen LogP contribution is 2.15. The number of carbonyl (C=O) groups is 1. The van der Waals surface area contributed by atoms with Crippen LogP contribution in [0.2, 0.25) is 0 Å². The molecule has 2 N–H and O–H groups in total. The molecule has 1 aliphatic heterocycles. The Morgan fingerprint density at radius 2 is 2.00 bits per heavy atom. The van der Waals surface area contributed by atoms with Gasteiger partial charge in [0.15, 0.2) is 5.69 Å². The molecule has 68 valence electrons. The first kappa shape index (κ1) is 9.77. The Morgan fingerprint density at radius 3 is 2.69 bits per heavy atom. The molecular formula is C9H8ClNO2. The Morgan fingerprint density at radius 1 is 1.31 bits per heavy atom. The minimum atomic E-state index is -0.865. The lowest BCUT2D eigenvalue weighted by Gasteiger charge is -2.02. The maximum atomic E-state index is 10.7. The first-order chi connectivity index (χ1) is 5.79. The molecule has 1 atom stereocenters. The summed E-state index contributed by atoms with van der Waals surface area (Å²) >= 11 is 0. The number of para-hydroxylation sites is 1. The smallest absolute Gasteiger partial charge is 0.521 e. The van der Waals surface area contributed by atoms with Crippen LogP contribution in [0, 0.1) is 0 Å². The van der Waals surface area contributed by atoms with Gasteiger partial charge in [-0.05, 0) is 6.07 Å². The Bertz CT molecular complexity index is 362. The van der Waals surface area contributed by atoms with E-state index in [4.69, 9.17) is 5.11 Å². The molecule has 0 aromatic heterocycles. The summed E-state index contributed by atoms with van der Waals surface area (Å²) in [7, 11) is 0. The number of hydrogen-bond donors (Lipinski definition) is 2. The van der Waals surface area contributed by atoms with Crippen LogP contribution in [0.3, 0.4) is 0 Å². The monoisotopic (exact) mass is 197 g/mol. The Kier molecular flexibility index (Phi) is 2.70. The standard InChI is InChI=1S/C9H7NO2.ClH/c11-9(12)10-6-5-7-3-1-2-4-8(7)10;/h1-6H,(H,11,12);1H. The maximum Gasteiger partial charge on any atom is 0.521 e. The lowest BCUT2D eigenvalue weighted by atomic mass is 10.2. The van der Waals surface area contributed by atoms with Gasteiger partial charge in [0.05, 0.1) is 0 Å². The summed E-state index contributed by atoms with van der Waals surface area (Å²) < 4.78 is 0. The van der Waals surface area contributed by atoms with Crippen molar-refractivity contribution >= 4 is 17.9 Å². The van der Waals surface area contributed by atoms with E-state index in [2.05, 4.69) is 0 Å². The van der Waals surface area contributed by atoms with Crippen molar-refractivity contribution in [3.8, 4) is 0 Å². The molecule has 1 aromatic carbocycles. The average Bonchev–Trinajstić information content (AvgIpc) is 2.47. The van der Waals surface area contributed by atoms with E-state index in [-0.39, 0.29) is 12.4 Å². The molecule has 1 aromatic rings. The zero-order valence-corrected chi connectivity index (χ0v) is 7.45. The Labute approximate surface area is 81.7 Å². The number of fused-ring (bicyclic) bond motifs is 1. The van der Waals surface area contributed by atoms with E-state index in [0.717, 1.165) is 11.3 Å². The van der Waals surface area contributed by atoms with Crippen molar-refractivity contribution in [1.82, 2.24) is 0 Å². The Hall–Kier alpha value is -1.32. The molecule has 0 saturated carbocycles. The van der Waals surface area contributed by atoms with Crippen LogP contribution < -0.4 is 17.3 Å². The van der Waals surface area contributed by atoms with Crippen LogP contribution in [0.5, 0.6) is 0 Å². The van der Waals surface area contributed by atoms with Gasteiger partial charge in [0.1, 0.15) is 6.20 Å². The van der Waals surface area contributed by atoms with Crippen LogP contribution in [-0.4, -0.2) is 11.2 Å². The third-order valence-corrected chi connectivity index (χ3v) is 1.91. The number of benzene rings is 1. The van der Waals surface area contributed by atoms with Gasteiger partial charge in [-0.1, -0.05) is 12.1 Å². The molecule has 0 saturated heterocycles. The van der Waals surface area contributed by atoms with Crippen LogP contribution in [0.15, 0.2) is 30.5 Å². The SMILES string of the molecule is O=C(O)[NH+]1C=Cc2ccccc21.[Cl-]. The molecule has 0 fully saturated rings. The fraction of sp³-hybridized carbons (Fsp3) is 0. The number of nitrogens with one attached hydrogen (secondary N) is 1. The van der Waals surface area contributed by atoms with Crippen molar-refractivity contribution in [3.05, 3.63) is 36.0 Å². The second-order valence-electron chi connectivity index (χ2n) is 2.64. The summed E-state index contributed by atoms with van der Waals surface area (Å²) in [5.41, 5.74) is 1.79. The van der Waals surface area contributed by atoms with Gasteiger partial charge in [-0.15, -0.1) is 0 Å². The van der Waals surface area contributed by atoms with E-state index in [1.165, 1.54) is 0 Å². The fourth-order valence-corrected chi connectivity index (χ4v) is 1.34. The quantitative estimate of drug-likeness (QED) is 0.499. The van der Waals surface area contributed by atoms with Crippen molar-refractivity contribution in [3.63, 3.8) is 0 Å². The summed E-state index contributed by atoms with van der Waals surface area (Å²) in [6.07, 6.45) is 2.59. The summed E-state index contributed by atoms with van der Waals surface area (Å²) in [5, 5.41) is 8.77. The normalized spacial score (nSPS) is 17.7. The highest BCUT2D eigenvalue weighted by molar-refractivity contribution is 5.70. The summed E-state index contributed by atoms with van der Waals surface area (Å²) in [5.74, 6) is 0. The van der Waals surface area contributed by atoms with Crippen LogP contribution in [-0.2, 0) is 0 Å². The highest BCUT2D eigenvalue weighted by atomic mass is 35.5. The third-order valence-electron chi connectivity index (χ3n) is 1.91. The van der Waals surface area contributed by atoms with Gasteiger partial charge in [0, 0.05) is 17.7 Å². The minimum Gasteiger partial charge on any atom is -1.00 e. The van der Waals surface area contributed by atoms with Gasteiger partial charge in [0.25, 0.3) is 0 Å². The van der Waals surface area contributed by atoms with Crippen LogP contribution in [0.4, 0.5) is 10.5 Å². The predicted molar refractivity (Wildman–Crippen MR) is 44.1 cm³/mol. The molecular weight excluding hydrogens is 190 g/mol. The molecule has 4 heteroatoms. The maximum absolute atomic E-state index is 10.7. The molecule has 0 bridgehead atoms. The number of halogens is 1. The zero-order valence-electron chi connectivity index (χ0n) is 6.70. The topological polar surface area (TPSA) is 41.7 Å². The fourth-order valence-electron chi connectivity index (χ4n) is 1.34. The zero-order chi connectivity index (χ0) is 8.55. The number of carboxylic acid groups (broad SMARTS) is 1. The van der Waals surface area contributed by atoms with Crippen molar-refractivity contribution in [2.75, 3.05) is 0 Å². The first-order valence-corrected chi connectivity index (χ1v) is 3.67. The second kappa shape index (κ2) is 3.60. The second-order valence-corrected chi connectivity index (χ2v) is 2.64. The molecule has 1 heterocycles. The lowest BCUT2D eigenvalue weighted by Crippen LogP contribution is -3.04. The lowest BCUT2D eigenvalue weighted by molar-refractivity contribution is -0.686. The number of hydrogen-bond acceptors (Lipinski definition) is 1. The summed E-state index contributed by atoms with van der Waals surface area (Å²) in [6.45, 7) is 0. The van der Waals surface area contributed by atoms with Crippen LogP contribution in [0.25, 0.3) is 6.08 Å². The van der Waals surface area contributed by atoms with E-state index in [9.17, 15) is 4.79 Å². The number of amides is 1. The molecule has 0 aliphatic carbocycles. The molecule has 1 aliphatic rings. The number of quaternary nitrogens is 1. The molecule has 1 amide bonds. The largest absolute Gasteiger partial charge is 1.00 e. The van der Waals surface area contributed by atoms with Gasteiger partial charge in [-0.25, -0.2) is 0 Å². The highest BCUT2D eigenvalue weighted by Gasteiger charge is 2.25. The molecule has 13 heavy (non-hydrogen) atoms. The van der Waals surface area contributed by atoms with Crippen molar-refractivity contribution in [2.24, 2.45) is 0 Å². The average molecular weight is 198 g/mol. The third kappa shape index (κ3) is 1.56. The summed E-state index contributed by atoms with van der Waals surface area (Å²) in [6, 6.07) is 7.46. The minimum absolute atomic E-state index is 0. The first-order valence-electron chi connectivity index (χ1n) is 3.67. The van der Waals surface area contributed by atoms with Crippen molar-refractivity contribution in [2.45, 2.75) is 0 Å².